The Labute approximate surface area is 172 Å². The zero-order valence-electron chi connectivity index (χ0n) is 14.9. The van der Waals surface area contributed by atoms with Crippen molar-refractivity contribution in [2.45, 2.75) is 12.5 Å². The van der Waals surface area contributed by atoms with Gasteiger partial charge in [-0.15, -0.1) is 0 Å². The molecule has 3 rings (SSSR count). The first-order valence-electron chi connectivity index (χ1n) is 8.83. The maximum absolute atomic E-state index is 11.1. The fourth-order valence-corrected chi connectivity index (χ4v) is 3.88. The number of nitro benzene ring substituents is 1. The lowest BCUT2D eigenvalue weighted by molar-refractivity contribution is -0.385. The molecule has 1 heterocycles. The molecular formula is C19H22BrClN4O2. The van der Waals surface area contributed by atoms with Crippen molar-refractivity contribution in [3.05, 3.63) is 67.6 Å². The van der Waals surface area contributed by atoms with Crippen LogP contribution in [0, 0.1) is 10.1 Å². The van der Waals surface area contributed by atoms with E-state index in [-0.39, 0.29) is 16.7 Å². The molecule has 6 nitrogen and oxygen atoms in total. The third kappa shape index (κ3) is 5.42. The standard InChI is InChI=1S/C19H22BrClN4O2/c20-18-6-1-14(12-19(18)25(26)27)11-16(22)13-23-7-9-24(10-8-23)17-4-2-15(21)3-5-17/h1-6,12,16H,7-11,13,22H2. The van der Waals surface area contributed by atoms with Gasteiger partial charge < -0.3 is 10.6 Å². The molecule has 1 fully saturated rings. The maximum Gasteiger partial charge on any atom is 0.283 e. The number of anilines is 1. The van der Waals surface area contributed by atoms with Crippen LogP contribution in [0.1, 0.15) is 5.56 Å². The Hall–Kier alpha value is -1.67. The molecule has 0 spiro atoms. The van der Waals surface area contributed by atoms with Gasteiger partial charge in [-0.1, -0.05) is 17.7 Å². The van der Waals surface area contributed by atoms with Crippen LogP contribution in [0.3, 0.4) is 0 Å². The lowest BCUT2D eigenvalue weighted by atomic mass is 10.1. The van der Waals surface area contributed by atoms with Crippen molar-refractivity contribution < 1.29 is 4.92 Å². The van der Waals surface area contributed by atoms with Crippen molar-refractivity contribution in [1.29, 1.82) is 0 Å². The average Bonchev–Trinajstić information content (AvgIpc) is 2.64. The molecule has 2 aromatic rings. The lowest BCUT2D eigenvalue weighted by Gasteiger charge is -2.37. The van der Waals surface area contributed by atoms with Gasteiger partial charge in [-0.2, -0.15) is 0 Å². The van der Waals surface area contributed by atoms with Crippen LogP contribution in [0.5, 0.6) is 0 Å². The van der Waals surface area contributed by atoms with Crippen molar-refractivity contribution in [2.75, 3.05) is 37.6 Å². The predicted molar refractivity (Wildman–Crippen MR) is 113 cm³/mol. The molecule has 0 amide bonds. The number of piperazine rings is 1. The fourth-order valence-electron chi connectivity index (χ4n) is 3.36. The summed E-state index contributed by atoms with van der Waals surface area (Å²) in [6, 6.07) is 13.1. The number of nitrogens with zero attached hydrogens (tertiary/aromatic N) is 3. The molecule has 0 radical (unpaired) electrons. The maximum atomic E-state index is 11.1. The molecule has 1 saturated heterocycles. The lowest BCUT2D eigenvalue weighted by Crippen LogP contribution is -2.50. The first kappa shape index (κ1) is 20.1. The third-order valence-electron chi connectivity index (χ3n) is 4.76. The first-order valence-corrected chi connectivity index (χ1v) is 10.0. The van der Waals surface area contributed by atoms with Gasteiger partial charge in [0.1, 0.15) is 0 Å². The van der Waals surface area contributed by atoms with Crippen LogP contribution >= 0.6 is 27.5 Å². The van der Waals surface area contributed by atoms with Crippen LogP contribution in [0.4, 0.5) is 11.4 Å². The number of benzene rings is 2. The van der Waals surface area contributed by atoms with E-state index in [0.717, 1.165) is 43.3 Å². The second kappa shape index (κ2) is 9.01. The van der Waals surface area contributed by atoms with Crippen LogP contribution < -0.4 is 10.6 Å². The zero-order valence-corrected chi connectivity index (χ0v) is 17.2. The SMILES string of the molecule is NC(Cc1ccc(Br)c([N+](=O)[O-])c1)CN1CCN(c2ccc(Cl)cc2)CC1. The third-order valence-corrected chi connectivity index (χ3v) is 5.68. The highest BCUT2D eigenvalue weighted by Crippen LogP contribution is 2.26. The molecule has 144 valence electrons. The van der Waals surface area contributed by atoms with E-state index in [1.807, 2.05) is 30.3 Å². The molecule has 2 N–H and O–H groups in total. The van der Waals surface area contributed by atoms with E-state index in [2.05, 4.69) is 25.7 Å². The van der Waals surface area contributed by atoms with Crippen molar-refractivity contribution in [1.82, 2.24) is 4.90 Å². The number of nitro groups is 1. The summed E-state index contributed by atoms with van der Waals surface area (Å²) in [5.41, 5.74) is 8.46. The van der Waals surface area contributed by atoms with Crippen LogP contribution in [0.25, 0.3) is 0 Å². The first-order chi connectivity index (χ1) is 12.9. The number of nitrogens with two attached hydrogens (primary N) is 1. The Morgan fingerprint density at radius 1 is 1.15 bits per heavy atom. The minimum Gasteiger partial charge on any atom is -0.369 e. The highest BCUT2D eigenvalue weighted by molar-refractivity contribution is 9.10. The zero-order chi connectivity index (χ0) is 19.4. The van der Waals surface area contributed by atoms with E-state index in [1.165, 1.54) is 5.69 Å². The van der Waals surface area contributed by atoms with E-state index in [1.54, 1.807) is 12.1 Å². The number of hydrogen-bond acceptors (Lipinski definition) is 5. The topological polar surface area (TPSA) is 75.6 Å². The average molecular weight is 454 g/mol. The molecule has 1 aliphatic heterocycles. The summed E-state index contributed by atoms with van der Waals surface area (Å²) in [7, 11) is 0. The van der Waals surface area contributed by atoms with Crippen LogP contribution in [0.2, 0.25) is 5.02 Å². The molecule has 2 aromatic carbocycles. The van der Waals surface area contributed by atoms with Gasteiger partial charge in [0.2, 0.25) is 0 Å². The van der Waals surface area contributed by atoms with E-state index in [9.17, 15) is 10.1 Å². The summed E-state index contributed by atoms with van der Waals surface area (Å²) >= 11 is 9.17. The Morgan fingerprint density at radius 3 is 2.44 bits per heavy atom. The van der Waals surface area contributed by atoms with Gasteiger partial charge >= 0.3 is 0 Å². The summed E-state index contributed by atoms with van der Waals surface area (Å²) in [6.07, 6.45) is 0.617. The van der Waals surface area contributed by atoms with Gasteiger partial charge in [0.15, 0.2) is 0 Å². The predicted octanol–water partition coefficient (Wildman–Crippen LogP) is 3.70. The molecular weight excluding hydrogens is 432 g/mol. The summed E-state index contributed by atoms with van der Waals surface area (Å²) in [4.78, 5) is 15.4. The Balaban J connectivity index is 1.51. The molecule has 1 atom stereocenters. The molecule has 0 aromatic heterocycles. The van der Waals surface area contributed by atoms with E-state index < -0.39 is 0 Å². The van der Waals surface area contributed by atoms with Gasteiger partial charge in [-0.3, -0.25) is 15.0 Å². The van der Waals surface area contributed by atoms with E-state index in [0.29, 0.717) is 10.9 Å². The number of halogens is 2. The van der Waals surface area contributed by atoms with Crippen molar-refractivity contribution >= 4 is 38.9 Å². The summed E-state index contributed by atoms with van der Waals surface area (Å²) in [6.45, 7) is 4.54. The van der Waals surface area contributed by atoms with Crippen LogP contribution in [-0.4, -0.2) is 48.6 Å². The van der Waals surface area contributed by atoms with Gasteiger partial charge in [-0.05, 0) is 58.2 Å². The highest BCUT2D eigenvalue weighted by Gasteiger charge is 2.20. The normalized spacial score (nSPS) is 16.3. The van der Waals surface area contributed by atoms with E-state index in [4.69, 9.17) is 17.3 Å². The molecule has 8 heteroatoms. The Kier molecular flexibility index (Phi) is 6.70. The van der Waals surface area contributed by atoms with Crippen molar-refractivity contribution in [2.24, 2.45) is 5.73 Å². The van der Waals surface area contributed by atoms with E-state index >= 15 is 0 Å². The van der Waals surface area contributed by atoms with Gasteiger partial charge in [0, 0.05) is 55.5 Å². The van der Waals surface area contributed by atoms with Crippen molar-refractivity contribution in [3.63, 3.8) is 0 Å². The van der Waals surface area contributed by atoms with Crippen LogP contribution in [-0.2, 0) is 6.42 Å². The van der Waals surface area contributed by atoms with Gasteiger partial charge in [-0.25, -0.2) is 0 Å². The molecule has 27 heavy (non-hydrogen) atoms. The largest absolute Gasteiger partial charge is 0.369 e. The fraction of sp³-hybridized carbons (Fsp3) is 0.368. The molecule has 0 saturated carbocycles. The number of hydrogen-bond donors (Lipinski definition) is 1. The van der Waals surface area contributed by atoms with Crippen LogP contribution in [0.15, 0.2) is 46.9 Å². The second-order valence-electron chi connectivity index (χ2n) is 6.77. The Morgan fingerprint density at radius 2 is 1.81 bits per heavy atom. The van der Waals surface area contributed by atoms with Crippen molar-refractivity contribution in [3.8, 4) is 0 Å². The number of rotatable bonds is 6. The summed E-state index contributed by atoms with van der Waals surface area (Å²) < 4.78 is 0.489. The quantitative estimate of drug-likeness (QED) is 0.533. The highest BCUT2D eigenvalue weighted by atomic mass is 79.9. The minimum atomic E-state index is -0.380. The molecule has 0 aliphatic carbocycles. The molecule has 0 bridgehead atoms. The monoisotopic (exact) mass is 452 g/mol. The molecule has 1 unspecified atom stereocenters. The second-order valence-corrected chi connectivity index (χ2v) is 8.06. The summed E-state index contributed by atoms with van der Waals surface area (Å²) in [5.74, 6) is 0. The minimum absolute atomic E-state index is 0.0622. The van der Waals surface area contributed by atoms with Gasteiger partial charge in [0.05, 0.1) is 9.40 Å². The summed E-state index contributed by atoms with van der Waals surface area (Å²) in [5, 5.41) is 11.8. The van der Waals surface area contributed by atoms with Gasteiger partial charge in [0.25, 0.3) is 5.69 Å². The molecule has 1 aliphatic rings. The Bertz CT molecular complexity index is 795. The smallest absolute Gasteiger partial charge is 0.283 e.